The van der Waals surface area contributed by atoms with Crippen LogP contribution in [-0.4, -0.2) is 33.7 Å². The van der Waals surface area contributed by atoms with Gasteiger partial charge in [0.2, 0.25) is 11.8 Å². The van der Waals surface area contributed by atoms with Crippen molar-refractivity contribution < 1.29 is 9.59 Å². The van der Waals surface area contributed by atoms with Crippen LogP contribution in [0.4, 0.5) is 0 Å². The molecule has 0 spiro atoms. The Hall–Kier alpha value is -1.85. The molecule has 1 aliphatic carbocycles. The molecule has 1 heterocycles. The summed E-state index contributed by atoms with van der Waals surface area (Å²) in [5, 5.41) is 9.97. The highest BCUT2D eigenvalue weighted by molar-refractivity contribution is 5.83. The molecule has 1 saturated carbocycles. The molecule has 6 heteroatoms. The molecule has 1 aromatic rings. The van der Waals surface area contributed by atoms with Gasteiger partial charge in [0.15, 0.2) is 0 Å². The van der Waals surface area contributed by atoms with Gasteiger partial charge in [-0.1, -0.05) is 12.8 Å². The van der Waals surface area contributed by atoms with Crippen molar-refractivity contribution in [1.29, 1.82) is 0 Å². The summed E-state index contributed by atoms with van der Waals surface area (Å²) in [4.78, 5) is 23.5. The van der Waals surface area contributed by atoms with Crippen molar-refractivity contribution >= 4 is 11.8 Å². The molecule has 0 bridgehead atoms. The van der Waals surface area contributed by atoms with Crippen molar-refractivity contribution in [3.05, 3.63) is 18.5 Å². The number of nitrogens with one attached hydrogen (secondary N) is 2. The molecule has 1 atom stereocenters. The quantitative estimate of drug-likeness (QED) is 0.793. The summed E-state index contributed by atoms with van der Waals surface area (Å²) in [6, 6.07) is 2.16. The average Bonchev–Trinajstić information content (AvgIpc) is 3.10. The normalized spacial score (nSPS) is 16.6. The van der Waals surface area contributed by atoms with Gasteiger partial charge in [-0.15, -0.1) is 0 Å². The van der Waals surface area contributed by atoms with Crippen LogP contribution in [0.2, 0.25) is 0 Å². The molecule has 0 aromatic carbocycles. The van der Waals surface area contributed by atoms with Crippen LogP contribution in [0.1, 0.15) is 45.4 Å². The first-order valence-corrected chi connectivity index (χ1v) is 7.69. The van der Waals surface area contributed by atoms with Crippen LogP contribution in [0.5, 0.6) is 0 Å². The molecule has 1 aliphatic rings. The molecule has 1 unspecified atom stereocenters. The lowest BCUT2D eigenvalue weighted by atomic mass is 10.2. The molecule has 0 radical (unpaired) electrons. The van der Waals surface area contributed by atoms with Crippen LogP contribution in [0.25, 0.3) is 0 Å². The number of carbonyl (C=O) groups excluding carboxylic acids is 2. The molecule has 0 aliphatic heterocycles. The Morgan fingerprint density at radius 3 is 2.67 bits per heavy atom. The SMILES string of the molecule is CC(Cn1cccn1)NC(=O)CCC(=O)NC1CCCC1. The highest BCUT2D eigenvalue weighted by Crippen LogP contribution is 2.17. The van der Waals surface area contributed by atoms with Gasteiger partial charge in [-0.2, -0.15) is 5.10 Å². The molecule has 21 heavy (non-hydrogen) atoms. The molecule has 0 saturated heterocycles. The number of hydrogen-bond donors (Lipinski definition) is 2. The lowest BCUT2D eigenvalue weighted by Gasteiger charge is -2.15. The molecule has 2 N–H and O–H groups in total. The second-order valence-electron chi connectivity index (χ2n) is 5.75. The van der Waals surface area contributed by atoms with Gasteiger partial charge in [0, 0.05) is 37.3 Å². The number of aromatic nitrogens is 2. The Morgan fingerprint density at radius 1 is 1.29 bits per heavy atom. The van der Waals surface area contributed by atoms with E-state index in [1.165, 1.54) is 12.8 Å². The minimum absolute atomic E-state index is 0.00436. The minimum Gasteiger partial charge on any atom is -0.353 e. The maximum absolute atomic E-state index is 11.8. The van der Waals surface area contributed by atoms with E-state index in [2.05, 4.69) is 15.7 Å². The number of rotatable bonds is 7. The highest BCUT2D eigenvalue weighted by Gasteiger charge is 2.17. The van der Waals surface area contributed by atoms with Gasteiger partial charge >= 0.3 is 0 Å². The third-order valence-electron chi connectivity index (χ3n) is 3.73. The summed E-state index contributed by atoms with van der Waals surface area (Å²) < 4.78 is 1.78. The van der Waals surface area contributed by atoms with Gasteiger partial charge < -0.3 is 10.6 Å². The van der Waals surface area contributed by atoms with E-state index in [0.717, 1.165) is 12.8 Å². The van der Waals surface area contributed by atoms with Gasteiger partial charge in [0.05, 0.1) is 6.54 Å². The highest BCUT2D eigenvalue weighted by atomic mass is 16.2. The molecular formula is C15H24N4O2. The number of carbonyl (C=O) groups is 2. The zero-order valence-corrected chi connectivity index (χ0v) is 12.5. The third kappa shape index (κ3) is 5.57. The van der Waals surface area contributed by atoms with E-state index in [1.54, 1.807) is 10.9 Å². The molecule has 116 valence electrons. The Labute approximate surface area is 125 Å². The summed E-state index contributed by atoms with van der Waals surface area (Å²) in [5.74, 6) is -0.104. The fraction of sp³-hybridized carbons (Fsp3) is 0.667. The van der Waals surface area contributed by atoms with E-state index in [1.807, 2.05) is 19.2 Å². The third-order valence-corrected chi connectivity index (χ3v) is 3.73. The zero-order chi connectivity index (χ0) is 15.1. The second-order valence-corrected chi connectivity index (χ2v) is 5.75. The standard InChI is InChI=1S/C15H24N4O2/c1-12(11-19-10-4-9-16-19)17-14(20)7-8-15(21)18-13-5-2-3-6-13/h4,9-10,12-13H,2-3,5-8,11H2,1H3,(H,17,20)(H,18,21). The van der Waals surface area contributed by atoms with E-state index in [0.29, 0.717) is 12.6 Å². The minimum atomic E-state index is -0.0868. The monoisotopic (exact) mass is 292 g/mol. The van der Waals surface area contributed by atoms with Crippen molar-refractivity contribution in [1.82, 2.24) is 20.4 Å². The molecular weight excluding hydrogens is 268 g/mol. The summed E-state index contributed by atoms with van der Waals surface area (Å²) >= 11 is 0. The van der Waals surface area contributed by atoms with E-state index in [9.17, 15) is 9.59 Å². The first-order valence-electron chi connectivity index (χ1n) is 7.69. The van der Waals surface area contributed by atoms with Crippen LogP contribution in [0.15, 0.2) is 18.5 Å². The van der Waals surface area contributed by atoms with Crippen molar-refractivity contribution in [3.8, 4) is 0 Å². The zero-order valence-electron chi connectivity index (χ0n) is 12.5. The van der Waals surface area contributed by atoms with E-state index >= 15 is 0 Å². The number of amides is 2. The van der Waals surface area contributed by atoms with Crippen molar-refractivity contribution in [2.24, 2.45) is 0 Å². The largest absolute Gasteiger partial charge is 0.353 e. The first kappa shape index (κ1) is 15.5. The van der Waals surface area contributed by atoms with E-state index in [-0.39, 0.29) is 30.7 Å². The average molecular weight is 292 g/mol. The topological polar surface area (TPSA) is 76.0 Å². The van der Waals surface area contributed by atoms with Gasteiger partial charge in [-0.25, -0.2) is 0 Å². The number of hydrogen-bond acceptors (Lipinski definition) is 3. The fourth-order valence-electron chi connectivity index (χ4n) is 2.68. The summed E-state index contributed by atoms with van der Waals surface area (Å²) in [6.45, 7) is 2.56. The van der Waals surface area contributed by atoms with Crippen LogP contribution >= 0.6 is 0 Å². The first-order chi connectivity index (χ1) is 10.1. The van der Waals surface area contributed by atoms with Gasteiger partial charge in [0.1, 0.15) is 0 Å². The molecule has 6 nitrogen and oxygen atoms in total. The summed E-state index contributed by atoms with van der Waals surface area (Å²) in [7, 11) is 0. The Kier molecular flexibility index (Phi) is 5.78. The van der Waals surface area contributed by atoms with Crippen molar-refractivity contribution in [3.63, 3.8) is 0 Å². The Bertz CT molecular complexity index is 452. The van der Waals surface area contributed by atoms with Crippen LogP contribution in [0, 0.1) is 0 Å². The molecule has 2 amide bonds. The van der Waals surface area contributed by atoms with Gasteiger partial charge in [-0.3, -0.25) is 14.3 Å². The smallest absolute Gasteiger partial charge is 0.220 e. The molecule has 1 fully saturated rings. The van der Waals surface area contributed by atoms with Crippen LogP contribution < -0.4 is 10.6 Å². The Balaban J connectivity index is 1.61. The second kappa shape index (κ2) is 7.81. The van der Waals surface area contributed by atoms with Crippen molar-refractivity contribution in [2.75, 3.05) is 0 Å². The molecule has 2 rings (SSSR count). The lowest BCUT2D eigenvalue weighted by Crippen LogP contribution is -2.37. The van der Waals surface area contributed by atoms with Crippen LogP contribution in [0.3, 0.4) is 0 Å². The van der Waals surface area contributed by atoms with Crippen LogP contribution in [-0.2, 0) is 16.1 Å². The predicted molar refractivity (Wildman–Crippen MR) is 79.5 cm³/mol. The predicted octanol–water partition coefficient (Wildman–Crippen LogP) is 1.23. The van der Waals surface area contributed by atoms with Crippen molar-refractivity contribution in [2.45, 2.75) is 64.1 Å². The fourth-order valence-corrected chi connectivity index (χ4v) is 2.68. The molecule has 1 aromatic heterocycles. The van der Waals surface area contributed by atoms with E-state index in [4.69, 9.17) is 0 Å². The lowest BCUT2D eigenvalue weighted by molar-refractivity contribution is -0.127. The summed E-state index contributed by atoms with van der Waals surface area (Å²) in [6.07, 6.45) is 8.59. The van der Waals surface area contributed by atoms with Gasteiger partial charge in [-0.05, 0) is 25.8 Å². The summed E-state index contributed by atoms with van der Waals surface area (Å²) in [5.41, 5.74) is 0. The van der Waals surface area contributed by atoms with E-state index < -0.39 is 0 Å². The Morgan fingerprint density at radius 2 is 2.00 bits per heavy atom. The van der Waals surface area contributed by atoms with Gasteiger partial charge in [0.25, 0.3) is 0 Å². The maximum Gasteiger partial charge on any atom is 0.220 e. The maximum atomic E-state index is 11.8. The number of nitrogens with zero attached hydrogens (tertiary/aromatic N) is 2.